The van der Waals surface area contributed by atoms with Crippen LogP contribution >= 0.6 is 0 Å². The van der Waals surface area contributed by atoms with Gasteiger partial charge < -0.3 is 14.8 Å². The molecule has 1 heterocycles. The van der Waals surface area contributed by atoms with Crippen LogP contribution in [0.5, 0.6) is 11.6 Å². The van der Waals surface area contributed by atoms with Gasteiger partial charge in [0.1, 0.15) is 19.0 Å². The van der Waals surface area contributed by atoms with Crippen molar-refractivity contribution in [2.24, 2.45) is 0 Å². The van der Waals surface area contributed by atoms with Crippen molar-refractivity contribution in [1.29, 1.82) is 0 Å². The van der Waals surface area contributed by atoms with Gasteiger partial charge in [-0.25, -0.2) is 4.98 Å². The molecular weight excluding hydrogens is 220 g/mol. The Kier molecular flexibility index (Phi) is 6.03. The molecule has 94 valence electrons. The Bertz CT molecular complexity index is 338. The molecule has 0 unspecified atom stereocenters. The third-order valence-corrected chi connectivity index (χ3v) is 2.11. The molecule has 0 radical (unpaired) electrons. The molecule has 0 aliphatic heterocycles. The van der Waals surface area contributed by atoms with Gasteiger partial charge >= 0.3 is 0 Å². The van der Waals surface area contributed by atoms with Gasteiger partial charge in [-0.2, -0.15) is 0 Å². The van der Waals surface area contributed by atoms with Gasteiger partial charge in [0.05, 0.1) is 6.20 Å². The number of nitrogens with one attached hydrogen (secondary N) is 1. The Morgan fingerprint density at radius 3 is 2.82 bits per heavy atom. The number of Topliss-reactive ketones (excluding diaryl/α,β-unsaturated/α-hetero) is 1. The Labute approximate surface area is 101 Å². The molecule has 0 saturated carbocycles. The Morgan fingerprint density at radius 2 is 2.24 bits per heavy atom. The van der Waals surface area contributed by atoms with Crippen molar-refractivity contribution in [3.63, 3.8) is 0 Å². The van der Waals surface area contributed by atoms with Crippen LogP contribution in [0, 0.1) is 0 Å². The van der Waals surface area contributed by atoms with Crippen LogP contribution in [0.1, 0.15) is 13.3 Å². The van der Waals surface area contributed by atoms with E-state index < -0.39 is 0 Å². The summed E-state index contributed by atoms with van der Waals surface area (Å²) in [6.45, 7) is 3.24. The maximum absolute atomic E-state index is 11.0. The molecule has 0 atom stereocenters. The number of hydrogen-bond acceptors (Lipinski definition) is 5. The van der Waals surface area contributed by atoms with Crippen LogP contribution in [0.2, 0.25) is 0 Å². The van der Waals surface area contributed by atoms with E-state index in [-0.39, 0.29) is 12.4 Å². The molecule has 5 heteroatoms. The molecule has 17 heavy (non-hydrogen) atoms. The summed E-state index contributed by atoms with van der Waals surface area (Å²) >= 11 is 0. The second kappa shape index (κ2) is 7.62. The second-order valence-electron chi connectivity index (χ2n) is 3.47. The van der Waals surface area contributed by atoms with Gasteiger partial charge in [0, 0.05) is 19.0 Å². The average Bonchev–Trinajstić information content (AvgIpc) is 2.37. The summed E-state index contributed by atoms with van der Waals surface area (Å²) in [5, 5.41) is 2.97. The zero-order valence-corrected chi connectivity index (χ0v) is 10.2. The molecule has 0 saturated heterocycles. The number of aromatic nitrogens is 1. The lowest BCUT2D eigenvalue weighted by Crippen LogP contribution is -2.16. The molecule has 0 bridgehead atoms. The van der Waals surface area contributed by atoms with E-state index in [1.165, 1.54) is 0 Å². The van der Waals surface area contributed by atoms with Crippen molar-refractivity contribution >= 4 is 5.78 Å². The van der Waals surface area contributed by atoms with Crippen LogP contribution in [-0.2, 0) is 4.79 Å². The highest BCUT2D eigenvalue weighted by molar-refractivity contribution is 5.79. The molecule has 5 nitrogen and oxygen atoms in total. The SMILES string of the molecule is CCC(=O)COc1ccc(OCCNC)nc1. The lowest BCUT2D eigenvalue weighted by Gasteiger charge is -2.06. The summed E-state index contributed by atoms with van der Waals surface area (Å²) in [7, 11) is 1.86. The molecule has 1 aromatic heterocycles. The van der Waals surface area contributed by atoms with E-state index in [2.05, 4.69) is 10.3 Å². The molecule has 0 amide bonds. The first-order valence-electron chi connectivity index (χ1n) is 5.64. The molecule has 1 aromatic rings. The zero-order chi connectivity index (χ0) is 12.5. The molecule has 0 aromatic carbocycles. The minimum atomic E-state index is 0.0688. The lowest BCUT2D eigenvalue weighted by molar-refractivity contribution is -0.120. The van der Waals surface area contributed by atoms with Gasteiger partial charge in [-0.3, -0.25) is 4.79 Å². The second-order valence-corrected chi connectivity index (χ2v) is 3.47. The van der Waals surface area contributed by atoms with E-state index in [1.807, 2.05) is 14.0 Å². The lowest BCUT2D eigenvalue weighted by atomic mass is 10.3. The quantitative estimate of drug-likeness (QED) is 0.686. The third-order valence-electron chi connectivity index (χ3n) is 2.11. The van der Waals surface area contributed by atoms with Crippen molar-refractivity contribution in [1.82, 2.24) is 10.3 Å². The van der Waals surface area contributed by atoms with Crippen molar-refractivity contribution in [3.05, 3.63) is 18.3 Å². The van der Waals surface area contributed by atoms with Crippen molar-refractivity contribution in [2.45, 2.75) is 13.3 Å². The summed E-state index contributed by atoms with van der Waals surface area (Å²) in [6, 6.07) is 3.46. The smallest absolute Gasteiger partial charge is 0.213 e. The first-order chi connectivity index (χ1) is 8.26. The Morgan fingerprint density at radius 1 is 1.41 bits per heavy atom. The van der Waals surface area contributed by atoms with Crippen molar-refractivity contribution < 1.29 is 14.3 Å². The number of likely N-dealkylation sites (N-methyl/N-ethyl adjacent to an activating group) is 1. The molecular formula is C12H18N2O3. The van der Waals surface area contributed by atoms with E-state index in [1.54, 1.807) is 18.3 Å². The highest BCUT2D eigenvalue weighted by Gasteiger charge is 2.01. The van der Waals surface area contributed by atoms with E-state index >= 15 is 0 Å². The zero-order valence-electron chi connectivity index (χ0n) is 10.2. The fourth-order valence-corrected chi connectivity index (χ4v) is 1.06. The summed E-state index contributed by atoms with van der Waals surface area (Å²) in [6.07, 6.45) is 2.04. The number of pyridine rings is 1. The number of carbonyl (C=O) groups excluding carboxylic acids is 1. The van der Waals surface area contributed by atoms with Crippen LogP contribution in [0.4, 0.5) is 0 Å². The number of hydrogen-bond donors (Lipinski definition) is 1. The Hall–Kier alpha value is -1.62. The third kappa shape index (κ3) is 5.31. The highest BCUT2D eigenvalue weighted by Crippen LogP contribution is 2.13. The molecule has 0 fully saturated rings. The largest absolute Gasteiger partial charge is 0.484 e. The molecule has 0 spiro atoms. The maximum atomic E-state index is 11.0. The summed E-state index contributed by atoms with van der Waals surface area (Å²) in [4.78, 5) is 15.1. The normalized spacial score (nSPS) is 10.0. The van der Waals surface area contributed by atoms with E-state index in [0.717, 1.165) is 6.54 Å². The predicted molar refractivity (Wildman–Crippen MR) is 64.5 cm³/mol. The van der Waals surface area contributed by atoms with E-state index in [9.17, 15) is 4.79 Å². The number of ketones is 1. The molecule has 1 N–H and O–H groups in total. The summed E-state index contributed by atoms with van der Waals surface area (Å²) < 4.78 is 10.6. The number of nitrogens with zero attached hydrogens (tertiary/aromatic N) is 1. The number of ether oxygens (including phenoxy) is 2. The first-order valence-corrected chi connectivity index (χ1v) is 5.64. The van der Waals surface area contributed by atoms with Gasteiger partial charge in [-0.15, -0.1) is 0 Å². The standard InChI is InChI=1S/C12H18N2O3/c1-3-10(15)9-17-11-4-5-12(14-8-11)16-7-6-13-2/h4-5,8,13H,3,6-7,9H2,1-2H3. The fourth-order valence-electron chi connectivity index (χ4n) is 1.06. The minimum Gasteiger partial charge on any atom is -0.484 e. The van der Waals surface area contributed by atoms with Crippen LogP contribution in [-0.4, -0.2) is 37.6 Å². The van der Waals surface area contributed by atoms with Crippen molar-refractivity contribution in [2.75, 3.05) is 26.8 Å². The van der Waals surface area contributed by atoms with Gasteiger partial charge in [-0.05, 0) is 13.1 Å². The topological polar surface area (TPSA) is 60.5 Å². The monoisotopic (exact) mass is 238 g/mol. The highest BCUT2D eigenvalue weighted by atomic mass is 16.5. The van der Waals surface area contributed by atoms with Crippen LogP contribution in [0.3, 0.4) is 0 Å². The summed E-state index contributed by atoms with van der Waals surface area (Å²) in [5.74, 6) is 1.20. The first kappa shape index (κ1) is 13.4. The molecule has 0 aliphatic carbocycles. The minimum absolute atomic E-state index is 0.0688. The number of rotatable bonds is 8. The van der Waals surface area contributed by atoms with Gasteiger partial charge in [0.2, 0.25) is 5.88 Å². The van der Waals surface area contributed by atoms with Crippen LogP contribution in [0.25, 0.3) is 0 Å². The predicted octanol–water partition coefficient (Wildman–Crippen LogP) is 1.04. The molecule has 1 rings (SSSR count). The van der Waals surface area contributed by atoms with E-state index in [4.69, 9.17) is 9.47 Å². The van der Waals surface area contributed by atoms with Crippen LogP contribution < -0.4 is 14.8 Å². The van der Waals surface area contributed by atoms with Crippen LogP contribution in [0.15, 0.2) is 18.3 Å². The molecule has 0 aliphatic rings. The maximum Gasteiger partial charge on any atom is 0.213 e. The Balaban J connectivity index is 2.36. The van der Waals surface area contributed by atoms with Crippen molar-refractivity contribution in [3.8, 4) is 11.6 Å². The average molecular weight is 238 g/mol. The van der Waals surface area contributed by atoms with Gasteiger partial charge in [0.25, 0.3) is 0 Å². The van der Waals surface area contributed by atoms with E-state index in [0.29, 0.717) is 24.7 Å². The van der Waals surface area contributed by atoms with Gasteiger partial charge in [0.15, 0.2) is 5.78 Å². The summed E-state index contributed by atoms with van der Waals surface area (Å²) in [5.41, 5.74) is 0. The number of carbonyl (C=O) groups is 1. The fraction of sp³-hybridized carbons (Fsp3) is 0.500. The van der Waals surface area contributed by atoms with Gasteiger partial charge in [-0.1, -0.05) is 6.92 Å².